The van der Waals surface area contributed by atoms with E-state index in [1.165, 1.54) is 5.56 Å². The van der Waals surface area contributed by atoms with Crippen LogP contribution < -0.4 is 0 Å². The Bertz CT molecular complexity index is 643. The second-order valence-electron chi connectivity index (χ2n) is 5.04. The Morgan fingerprint density at radius 2 is 2.11 bits per heavy atom. The van der Waals surface area contributed by atoms with Gasteiger partial charge < -0.3 is 9.67 Å². The molecule has 0 saturated heterocycles. The number of nitrogens with zero attached hydrogens (tertiary/aromatic N) is 2. The van der Waals surface area contributed by atoms with Gasteiger partial charge in [-0.25, -0.2) is 4.79 Å². The van der Waals surface area contributed by atoms with Gasteiger partial charge in [0, 0.05) is 36.2 Å². The number of carboxylic acids is 1. The maximum absolute atomic E-state index is 11.5. The van der Waals surface area contributed by atoms with E-state index in [1.54, 1.807) is 0 Å². The van der Waals surface area contributed by atoms with Crippen molar-refractivity contribution >= 4 is 16.9 Å². The summed E-state index contributed by atoms with van der Waals surface area (Å²) in [7, 11) is 2.03. The number of hydrogen-bond donors (Lipinski definition) is 1. The Hall–Kier alpha value is -1.81. The Morgan fingerprint density at radius 1 is 1.33 bits per heavy atom. The van der Waals surface area contributed by atoms with Crippen molar-refractivity contribution in [2.45, 2.75) is 20.0 Å². The number of carbonyl (C=O) groups is 1. The van der Waals surface area contributed by atoms with Crippen LogP contribution in [-0.4, -0.2) is 34.1 Å². The molecule has 4 heteroatoms. The highest BCUT2D eigenvalue weighted by atomic mass is 16.4. The van der Waals surface area contributed by atoms with Gasteiger partial charge in [0.05, 0.1) is 5.56 Å². The Kier molecular flexibility index (Phi) is 2.41. The van der Waals surface area contributed by atoms with Gasteiger partial charge in [-0.15, -0.1) is 0 Å². The molecule has 0 spiro atoms. The summed E-state index contributed by atoms with van der Waals surface area (Å²) in [4.78, 5) is 13.7. The number of likely N-dealkylation sites (N-methyl/N-ethyl adjacent to an activating group) is 1. The van der Waals surface area contributed by atoms with E-state index >= 15 is 0 Å². The Morgan fingerprint density at radius 3 is 2.83 bits per heavy atom. The van der Waals surface area contributed by atoms with Crippen LogP contribution in [0.2, 0.25) is 0 Å². The predicted octanol–water partition coefficient (Wildman–Crippen LogP) is 2.09. The van der Waals surface area contributed by atoms with Gasteiger partial charge in [0.15, 0.2) is 0 Å². The number of rotatable bonds is 1. The highest BCUT2D eigenvalue weighted by Crippen LogP contribution is 2.30. The van der Waals surface area contributed by atoms with E-state index in [2.05, 4.69) is 15.5 Å². The molecule has 1 N–H and O–H groups in total. The average molecular weight is 244 g/mol. The molecule has 0 atom stereocenters. The van der Waals surface area contributed by atoms with Crippen LogP contribution in [-0.2, 0) is 13.1 Å². The Balaban J connectivity index is 2.37. The summed E-state index contributed by atoms with van der Waals surface area (Å²) >= 11 is 0. The number of aryl methyl sites for hydroxylation is 1. The van der Waals surface area contributed by atoms with Crippen molar-refractivity contribution in [2.75, 3.05) is 13.6 Å². The highest BCUT2D eigenvalue weighted by molar-refractivity contribution is 6.05. The molecular formula is C14H16N2O2. The minimum Gasteiger partial charge on any atom is -0.478 e. The standard InChI is InChI=1S/C14H16N2O2/c1-9-3-4-10-11(7-9)16-6-5-15(2)8-12(16)13(10)14(17)18/h3-4,7H,5-6,8H2,1-2H3,(H,17,18). The SMILES string of the molecule is Cc1ccc2c(C(=O)O)c3n(c2c1)CCN(C)C3. The smallest absolute Gasteiger partial charge is 0.338 e. The van der Waals surface area contributed by atoms with Gasteiger partial charge >= 0.3 is 5.97 Å². The molecule has 1 aromatic heterocycles. The van der Waals surface area contributed by atoms with E-state index in [9.17, 15) is 9.90 Å². The summed E-state index contributed by atoms with van der Waals surface area (Å²) in [5.74, 6) is -0.826. The molecule has 3 rings (SSSR count). The summed E-state index contributed by atoms with van der Waals surface area (Å²) in [5.41, 5.74) is 3.61. The van der Waals surface area contributed by atoms with Crippen molar-refractivity contribution < 1.29 is 9.90 Å². The van der Waals surface area contributed by atoms with Gasteiger partial charge in [0.25, 0.3) is 0 Å². The zero-order valence-electron chi connectivity index (χ0n) is 10.6. The van der Waals surface area contributed by atoms with Crippen molar-refractivity contribution in [3.8, 4) is 0 Å². The summed E-state index contributed by atoms with van der Waals surface area (Å²) in [6.07, 6.45) is 0. The zero-order valence-corrected chi connectivity index (χ0v) is 10.6. The van der Waals surface area contributed by atoms with Gasteiger partial charge in [-0.05, 0) is 25.6 Å². The second-order valence-corrected chi connectivity index (χ2v) is 5.04. The van der Waals surface area contributed by atoms with Crippen molar-refractivity contribution in [3.63, 3.8) is 0 Å². The van der Waals surface area contributed by atoms with Crippen LogP contribution in [0.15, 0.2) is 18.2 Å². The van der Waals surface area contributed by atoms with Gasteiger partial charge in [-0.1, -0.05) is 12.1 Å². The van der Waals surface area contributed by atoms with Crippen molar-refractivity contribution in [1.82, 2.24) is 9.47 Å². The molecule has 1 aliphatic rings. The van der Waals surface area contributed by atoms with Crippen LogP contribution >= 0.6 is 0 Å². The first-order chi connectivity index (χ1) is 8.58. The quantitative estimate of drug-likeness (QED) is 0.835. The first-order valence-electron chi connectivity index (χ1n) is 6.11. The maximum Gasteiger partial charge on any atom is 0.338 e. The molecule has 0 amide bonds. The minimum atomic E-state index is -0.826. The van der Waals surface area contributed by atoms with Crippen LogP contribution in [0.4, 0.5) is 0 Å². The lowest BCUT2D eigenvalue weighted by atomic mass is 10.1. The fraction of sp³-hybridized carbons (Fsp3) is 0.357. The fourth-order valence-corrected chi connectivity index (χ4v) is 2.78. The molecule has 2 heterocycles. The third-order valence-corrected chi connectivity index (χ3v) is 3.67. The molecule has 1 aliphatic heterocycles. The van der Waals surface area contributed by atoms with Crippen LogP contribution in [0.25, 0.3) is 10.9 Å². The zero-order chi connectivity index (χ0) is 12.9. The van der Waals surface area contributed by atoms with Gasteiger partial charge in [-0.3, -0.25) is 4.90 Å². The van der Waals surface area contributed by atoms with Crippen LogP contribution in [0.3, 0.4) is 0 Å². The van der Waals surface area contributed by atoms with Crippen LogP contribution in [0.5, 0.6) is 0 Å². The van der Waals surface area contributed by atoms with Gasteiger partial charge in [0.1, 0.15) is 0 Å². The highest BCUT2D eigenvalue weighted by Gasteiger charge is 2.25. The lowest BCUT2D eigenvalue weighted by Gasteiger charge is -2.25. The van der Waals surface area contributed by atoms with E-state index in [-0.39, 0.29) is 0 Å². The molecule has 0 fully saturated rings. The number of fused-ring (bicyclic) bond motifs is 3. The number of benzene rings is 1. The van der Waals surface area contributed by atoms with Crippen molar-refractivity contribution in [1.29, 1.82) is 0 Å². The lowest BCUT2D eigenvalue weighted by Crippen LogP contribution is -2.30. The van der Waals surface area contributed by atoms with Crippen molar-refractivity contribution in [2.24, 2.45) is 0 Å². The topological polar surface area (TPSA) is 45.5 Å². The Labute approximate surface area is 105 Å². The molecule has 94 valence electrons. The number of aromatic carboxylic acids is 1. The molecule has 1 aromatic carbocycles. The van der Waals surface area contributed by atoms with Gasteiger partial charge in [0.2, 0.25) is 0 Å². The predicted molar refractivity (Wildman–Crippen MR) is 70.0 cm³/mol. The van der Waals surface area contributed by atoms with Crippen LogP contribution in [0, 0.1) is 6.92 Å². The van der Waals surface area contributed by atoms with Gasteiger partial charge in [-0.2, -0.15) is 0 Å². The first-order valence-corrected chi connectivity index (χ1v) is 6.11. The molecule has 4 nitrogen and oxygen atoms in total. The monoisotopic (exact) mass is 244 g/mol. The molecule has 2 aromatic rings. The number of aromatic nitrogens is 1. The number of carboxylic acid groups (broad SMARTS) is 1. The van der Waals surface area contributed by atoms with Crippen LogP contribution in [0.1, 0.15) is 21.6 Å². The molecule has 18 heavy (non-hydrogen) atoms. The first kappa shape index (κ1) is 11.3. The molecule has 0 saturated carbocycles. The second kappa shape index (κ2) is 3.85. The average Bonchev–Trinajstić information content (AvgIpc) is 2.61. The molecular weight excluding hydrogens is 228 g/mol. The van der Waals surface area contributed by atoms with E-state index in [0.717, 1.165) is 29.7 Å². The molecule has 0 aliphatic carbocycles. The molecule has 0 radical (unpaired) electrons. The number of hydrogen-bond acceptors (Lipinski definition) is 2. The van der Waals surface area contributed by atoms with E-state index < -0.39 is 5.97 Å². The summed E-state index contributed by atoms with van der Waals surface area (Å²) in [5, 5.41) is 10.3. The third kappa shape index (κ3) is 1.53. The molecule has 0 bridgehead atoms. The lowest BCUT2D eigenvalue weighted by molar-refractivity contribution is 0.0695. The largest absolute Gasteiger partial charge is 0.478 e. The summed E-state index contributed by atoms with van der Waals surface area (Å²) in [6.45, 7) is 4.56. The normalized spacial score (nSPS) is 15.9. The maximum atomic E-state index is 11.5. The van der Waals surface area contributed by atoms with E-state index in [4.69, 9.17) is 0 Å². The fourth-order valence-electron chi connectivity index (χ4n) is 2.78. The van der Waals surface area contributed by atoms with E-state index in [1.807, 2.05) is 26.1 Å². The molecule has 0 unspecified atom stereocenters. The minimum absolute atomic E-state index is 0.469. The van der Waals surface area contributed by atoms with Crippen molar-refractivity contribution in [3.05, 3.63) is 35.0 Å². The third-order valence-electron chi connectivity index (χ3n) is 3.67. The summed E-state index contributed by atoms with van der Waals surface area (Å²) in [6, 6.07) is 5.99. The van der Waals surface area contributed by atoms with E-state index in [0.29, 0.717) is 12.1 Å². The summed E-state index contributed by atoms with van der Waals surface area (Å²) < 4.78 is 2.16.